The van der Waals surface area contributed by atoms with Gasteiger partial charge in [0, 0.05) is 6.54 Å². The molecule has 1 aromatic carbocycles. The zero-order chi connectivity index (χ0) is 16.7. The van der Waals surface area contributed by atoms with Crippen LogP contribution in [0, 0.1) is 6.92 Å². The quantitative estimate of drug-likeness (QED) is 0.592. The molecule has 23 heavy (non-hydrogen) atoms. The number of benzene rings is 1. The Bertz CT molecular complexity index is 655. The minimum absolute atomic E-state index is 0.0722. The first-order valence-electron chi connectivity index (χ1n) is 7.68. The normalized spacial score (nSPS) is 10.5. The Morgan fingerprint density at radius 3 is 2.83 bits per heavy atom. The van der Waals surface area contributed by atoms with Crippen molar-refractivity contribution in [2.24, 2.45) is 0 Å². The van der Waals surface area contributed by atoms with Gasteiger partial charge < -0.3 is 15.2 Å². The molecule has 124 valence electrons. The maximum atomic E-state index is 11.6. The molecule has 0 unspecified atom stereocenters. The molecule has 0 atom stereocenters. The molecule has 0 bridgehead atoms. The van der Waals surface area contributed by atoms with Gasteiger partial charge in [-0.25, -0.2) is 9.48 Å². The van der Waals surface area contributed by atoms with Gasteiger partial charge in [-0.1, -0.05) is 23.4 Å². The van der Waals surface area contributed by atoms with E-state index in [0.29, 0.717) is 13.2 Å². The molecule has 0 aliphatic carbocycles. The van der Waals surface area contributed by atoms with Gasteiger partial charge in [0.05, 0.1) is 13.2 Å². The van der Waals surface area contributed by atoms with E-state index < -0.39 is 5.97 Å². The van der Waals surface area contributed by atoms with Gasteiger partial charge in [-0.3, -0.25) is 0 Å². The third-order valence-electron chi connectivity index (χ3n) is 3.36. The van der Waals surface area contributed by atoms with Crippen molar-refractivity contribution in [1.29, 1.82) is 0 Å². The Kier molecular flexibility index (Phi) is 5.96. The molecule has 2 N–H and O–H groups in total. The van der Waals surface area contributed by atoms with Gasteiger partial charge >= 0.3 is 5.97 Å². The third-order valence-corrected chi connectivity index (χ3v) is 3.36. The second kappa shape index (κ2) is 8.17. The van der Waals surface area contributed by atoms with Gasteiger partial charge in [0.2, 0.25) is 5.69 Å². The van der Waals surface area contributed by atoms with Gasteiger partial charge in [-0.15, -0.1) is 5.10 Å². The minimum atomic E-state index is -0.542. The van der Waals surface area contributed by atoms with Gasteiger partial charge in [0.15, 0.2) is 5.82 Å². The monoisotopic (exact) mass is 318 g/mol. The number of aryl methyl sites for hydroxylation is 2. The van der Waals surface area contributed by atoms with Gasteiger partial charge in [-0.2, -0.15) is 0 Å². The first-order chi connectivity index (χ1) is 11.1. The maximum absolute atomic E-state index is 11.6. The molecule has 0 saturated heterocycles. The number of nitrogens with two attached hydrogens (primary N) is 1. The molecule has 7 nitrogen and oxygen atoms in total. The van der Waals surface area contributed by atoms with E-state index in [-0.39, 0.29) is 18.1 Å². The number of esters is 1. The number of hydrogen-bond donors (Lipinski definition) is 1. The lowest BCUT2D eigenvalue weighted by molar-refractivity contribution is 0.0520. The smallest absolute Gasteiger partial charge is 0.362 e. The molecule has 2 aromatic rings. The van der Waals surface area contributed by atoms with Crippen LogP contribution in [-0.4, -0.2) is 34.2 Å². The van der Waals surface area contributed by atoms with E-state index >= 15 is 0 Å². The number of nitrogen functional groups attached to an aromatic ring is 1. The number of carbonyl (C=O) groups is 1. The topological polar surface area (TPSA) is 92.3 Å². The summed E-state index contributed by atoms with van der Waals surface area (Å²) in [6.45, 7) is 5.22. The predicted molar refractivity (Wildman–Crippen MR) is 86.3 cm³/mol. The predicted octanol–water partition coefficient (Wildman–Crippen LogP) is 2.20. The largest absolute Gasteiger partial charge is 0.493 e. The number of carbonyl (C=O) groups excluding carboxylic acids is 1. The molecule has 1 heterocycles. The van der Waals surface area contributed by atoms with Crippen molar-refractivity contribution in [3.05, 3.63) is 35.5 Å². The van der Waals surface area contributed by atoms with Crippen LogP contribution < -0.4 is 10.5 Å². The van der Waals surface area contributed by atoms with Crippen molar-refractivity contribution in [3.63, 3.8) is 0 Å². The van der Waals surface area contributed by atoms with Crippen LogP contribution in [0.5, 0.6) is 5.75 Å². The molecule has 0 aliphatic rings. The van der Waals surface area contributed by atoms with Crippen molar-refractivity contribution < 1.29 is 14.3 Å². The maximum Gasteiger partial charge on any atom is 0.362 e. The summed E-state index contributed by atoms with van der Waals surface area (Å²) >= 11 is 0. The molecule has 7 heteroatoms. The van der Waals surface area contributed by atoms with Crippen LogP contribution in [0.3, 0.4) is 0 Å². The SMILES string of the molecule is CCOC(=O)c1nnn(CCCCOc2ccccc2C)c1N. The van der Waals surface area contributed by atoms with Crippen LogP contribution in [0.2, 0.25) is 0 Å². The van der Waals surface area contributed by atoms with Crippen molar-refractivity contribution in [2.45, 2.75) is 33.2 Å². The third kappa shape index (κ3) is 4.45. The van der Waals surface area contributed by atoms with E-state index in [0.717, 1.165) is 24.2 Å². The molecular weight excluding hydrogens is 296 g/mol. The fraction of sp³-hybridized carbons (Fsp3) is 0.438. The summed E-state index contributed by atoms with van der Waals surface area (Å²) in [6.07, 6.45) is 1.67. The summed E-state index contributed by atoms with van der Waals surface area (Å²) < 4.78 is 12.1. The fourth-order valence-electron chi connectivity index (χ4n) is 2.09. The molecule has 0 amide bonds. The molecule has 2 rings (SSSR count). The van der Waals surface area contributed by atoms with Crippen molar-refractivity contribution >= 4 is 11.8 Å². The summed E-state index contributed by atoms with van der Waals surface area (Å²) in [4.78, 5) is 11.6. The summed E-state index contributed by atoms with van der Waals surface area (Å²) in [7, 11) is 0. The average molecular weight is 318 g/mol. The number of anilines is 1. The molecule has 0 saturated carbocycles. The van der Waals surface area contributed by atoms with Crippen molar-refractivity contribution in [3.8, 4) is 5.75 Å². The number of nitrogens with zero attached hydrogens (tertiary/aromatic N) is 3. The second-order valence-corrected chi connectivity index (χ2v) is 5.09. The van der Waals surface area contributed by atoms with Crippen LogP contribution in [-0.2, 0) is 11.3 Å². The number of rotatable bonds is 8. The summed E-state index contributed by atoms with van der Waals surface area (Å²) in [5.74, 6) is 0.597. The van der Waals surface area contributed by atoms with Crippen LogP contribution in [0.1, 0.15) is 35.8 Å². The van der Waals surface area contributed by atoms with Crippen LogP contribution in [0.15, 0.2) is 24.3 Å². The summed E-state index contributed by atoms with van der Waals surface area (Å²) in [5, 5.41) is 7.66. The molecule has 0 aliphatic heterocycles. The van der Waals surface area contributed by atoms with Gasteiger partial charge in [0.25, 0.3) is 0 Å². The summed E-state index contributed by atoms with van der Waals surface area (Å²) in [5.41, 5.74) is 7.06. The highest BCUT2D eigenvalue weighted by Gasteiger charge is 2.18. The Morgan fingerprint density at radius 1 is 1.30 bits per heavy atom. The zero-order valence-electron chi connectivity index (χ0n) is 13.5. The molecule has 0 spiro atoms. The fourth-order valence-corrected chi connectivity index (χ4v) is 2.09. The number of unbranched alkanes of at least 4 members (excludes halogenated alkanes) is 1. The highest BCUT2D eigenvalue weighted by atomic mass is 16.5. The van der Waals surface area contributed by atoms with E-state index in [4.69, 9.17) is 15.2 Å². The Labute approximate surface area is 135 Å². The first kappa shape index (κ1) is 16.8. The Morgan fingerprint density at radius 2 is 2.09 bits per heavy atom. The van der Waals surface area contributed by atoms with Crippen LogP contribution >= 0.6 is 0 Å². The molecular formula is C16H22N4O3. The Balaban J connectivity index is 1.76. The van der Waals surface area contributed by atoms with E-state index in [1.807, 2.05) is 31.2 Å². The lowest BCUT2D eigenvalue weighted by atomic mass is 10.2. The minimum Gasteiger partial charge on any atom is -0.493 e. The lowest BCUT2D eigenvalue weighted by Gasteiger charge is -2.08. The number of para-hydroxylation sites is 1. The number of hydrogen-bond acceptors (Lipinski definition) is 6. The highest BCUT2D eigenvalue weighted by Crippen LogP contribution is 2.16. The Hall–Kier alpha value is -2.57. The van der Waals surface area contributed by atoms with Gasteiger partial charge in [0.1, 0.15) is 5.75 Å². The van der Waals surface area contributed by atoms with Gasteiger partial charge in [-0.05, 0) is 38.3 Å². The van der Waals surface area contributed by atoms with E-state index in [1.54, 1.807) is 6.92 Å². The number of ether oxygens (including phenoxy) is 2. The lowest BCUT2D eigenvalue weighted by Crippen LogP contribution is -2.11. The average Bonchev–Trinajstić information content (AvgIpc) is 2.90. The number of aromatic nitrogens is 3. The van der Waals surface area contributed by atoms with Crippen molar-refractivity contribution in [2.75, 3.05) is 18.9 Å². The molecule has 0 fully saturated rings. The molecule has 1 aromatic heterocycles. The first-order valence-corrected chi connectivity index (χ1v) is 7.68. The van der Waals surface area contributed by atoms with E-state index in [1.165, 1.54) is 4.68 Å². The standard InChI is InChI=1S/C16H22N4O3/c1-3-22-16(21)14-15(17)20(19-18-14)10-6-7-11-23-13-9-5-4-8-12(13)2/h4-5,8-9H,3,6-7,10-11,17H2,1-2H3. The molecule has 0 radical (unpaired) electrons. The zero-order valence-corrected chi connectivity index (χ0v) is 13.5. The van der Waals surface area contributed by atoms with E-state index in [9.17, 15) is 4.79 Å². The summed E-state index contributed by atoms with van der Waals surface area (Å²) in [6, 6.07) is 7.91. The van der Waals surface area contributed by atoms with Crippen LogP contribution in [0.4, 0.5) is 5.82 Å². The second-order valence-electron chi connectivity index (χ2n) is 5.09. The van der Waals surface area contributed by atoms with Crippen LogP contribution in [0.25, 0.3) is 0 Å². The highest BCUT2D eigenvalue weighted by molar-refractivity contribution is 5.91. The van der Waals surface area contributed by atoms with E-state index in [2.05, 4.69) is 10.3 Å². The van der Waals surface area contributed by atoms with Crippen molar-refractivity contribution in [1.82, 2.24) is 15.0 Å².